The summed E-state index contributed by atoms with van der Waals surface area (Å²) in [5.41, 5.74) is 4.54. The zero-order chi connectivity index (χ0) is 26.6. The van der Waals surface area contributed by atoms with Crippen molar-refractivity contribution in [3.05, 3.63) is 102 Å². The minimum Gasteiger partial charge on any atom is -0.206 e. The van der Waals surface area contributed by atoms with Crippen LogP contribution >= 0.6 is 0 Å². The zero-order valence-corrected chi connectivity index (χ0v) is 22.3. The number of allylic oxidation sites excluding steroid dienone is 3. The van der Waals surface area contributed by atoms with E-state index >= 15 is 4.39 Å². The van der Waals surface area contributed by atoms with E-state index in [4.69, 9.17) is 0 Å². The summed E-state index contributed by atoms with van der Waals surface area (Å²) in [6.07, 6.45) is 15.2. The molecule has 3 aromatic rings. The Morgan fingerprint density at radius 2 is 1.45 bits per heavy atom. The summed E-state index contributed by atoms with van der Waals surface area (Å²) in [5.74, 6) is 0.548. The second-order valence-corrected chi connectivity index (χ2v) is 11.2. The molecule has 1 fully saturated rings. The first-order valence-corrected chi connectivity index (χ1v) is 14.1. The quantitative estimate of drug-likeness (QED) is 0.275. The van der Waals surface area contributed by atoms with Crippen molar-refractivity contribution in [1.29, 1.82) is 0 Å². The molecule has 0 saturated heterocycles. The first-order valence-electron chi connectivity index (χ1n) is 14.1. The van der Waals surface area contributed by atoms with Crippen molar-refractivity contribution >= 4 is 5.57 Å². The Hall–Kier alpha value is -3.07. The van der Waals surface area contributed by atoms with Gasteiger partial charge in [0.15, 0.2) is 11.6 Å². The lowest BCUT2D eigenvalue weighted by Gasteiger charge is -2.35. The standard InChI is InChI=1S/C35H37F3/c1-3-4-5-24-7-9-25(10-8-24)26-11-15-28(16-12-26)31-21-19-30(22-33(31)36)27-13-17-29(18-14-27)32-20-6-23(2)34(37)35(32)38/h3,6,13-15,17-22,24-26H,1,4-5,7-12,16H2,2H3. The Labute approximate surface area is 225 Å². The van der Waals surface area contributed by atoms with Gasteiger partial charge < -0.3 is 0 Å². The van der Waals surface area contributed by atoms with Crippen LogP contribution < -0.4 is 0 Å². The molecule has 3 aromatic carbocycles. The highest BCUT2D eigenvalue weighted by Gasteiger charge is 2.29. The van der Waals surface area contributed by atoms with Crippen molar-refractivity contribution in [2.45, 2.75) is 64.7 Å². The summed E-state index contributed by atoms with van der Waals surface area (Å²) < 4.78 is 43.7. The van der Waals surface area contributed by atoms with Gasteiger partial charge in [0.05, 0.1) is 0 Å². The van der Waals surface area contributed by atoms with E-state index in [1.807, 2.05) is 30.3 Å². The van der Waals surface area contributed by atoms with Crippen LogP contribution in [-0.4, -0.2) is 0 Å². The van der Waals surface area contributed by atoms with Crippen molar-refractivity contribution in [3.63, 3.8) is 0 Å². The van der Waals surface area contributed by atoms with E-state index in [9.17, 15) is 8.78 Å². The van der Waals surface area contributed by atoms with Crippen LogP contribution in [0.25, 0.3) is 27.8 Å². The van der Waals surface area contributed by atoms with Crippen molar-refractivity contribution in [1.82, 2.24) is 0 Å². The molecule has 198 valence electrons. The molecule has 0 radical (unpaired) electrons. The number of aryl methyl sites for hydroxylation is 1. The Morgan fingerprint density at radius 1 is 0.763 bits per heavy atom. The average Bonchev–Trinajstić information content (AvgIpc) is 2.95. The molecule has 1 atom stereocenters. The molecular weight excluding hydrogens is 477 g/mol. The van der Waals surface area contributed by atoms with E-state index in [0.29, 0.717) is 11.1 Å². The highest BCUT2D eigenvalue weighted by molar-refractivity contribution is 5.74. The van der Waals surface area contributed by atoms with Gasteiger partial charge in [0.2, 0.25) is 0 Å². The summed E-state index contributed by atoms with van der Waals surface area (Å²) in [4.78, 5) is 0. The average molecular weight is 515 g/mol. The van der Waals surface area contributed by atoms with Crippen LogP contribution in [0.4, 0.5) is 13.2 Å². The Balaban J connectivity index is 1.24. The van der Waals surface area contributed by atoms with Gasteiger partial charge in [-0.1, -0.05) is 73.5 Å². The summed E-state index contributed by atoms with van der Waals surface area (Å²) in [5, 5.41) is 0. The molecule has 0 nitrogen and oxygen atoms in total. The minimum atomic E-state index is -0.840. The summed E-state index contributed by atoms with van der Waals surface area (Å²) in [6.45, 7) is 5.40. The summed E-state index contributed by atoms with van der Waals surface area (Å²) in [6, 6.07) is 15.8. The lowest BCUT2D eigenvalue weighted by atomic mass is 9.70. The maximum atomic E-state index is 15.3. The topological polar surface area (TPSA) is 0 Å². The normalized spacial score (nSPS) is 21.7. The minimum absolute atomic E-state index is 0.203. The zero-order valence-electron chi connectivity index (χ0n) is 22.3. The monoisotopic (exact) mass is 514 g/mol. The lowest BCUT2D eigenvalue weighted by Crippen LogP contribution is -2.23. The fraction of sp³-hybridized carbons (Fsp3) is 0.371. The number of rotatable bonds is 7. The largest absolute Gasteiger partial charge is 0.206 e. The van der Waals surface area contributed by atoms with E-state index in [2.05, 4.69) is 12.7 Å². The SMILES string of the molecule is C=CCCC1CCC(C2CC=C(c3ccc(-c4ccc(-c5ccc(C)c(F)c5F)cc4)cc3F)CC2)CC1. The molecule has 1 unspecified atom stereocenters. The highest BCUT2D eigenvalue weighted by Crippen LogP contribution is 2.42. The number of hydrogen-bond donors (Lipinski definition) is 0. The third-order valence-corrected chi connectivity index (χ3v) is 8.91. The third kappa shape index (κ3) is 5.67. The predicted octanol–water partition coefficient (Wildman–Crippen LogP) is 10.7. The van der Waals surface area contributed by atoms with E-state index in [1.165, 1.54) is 32.1 Å². The van der Waals surface area contributed by atoms with Crippen molar-refractivity contribution in [2.75, 3.05) is 0 Å². The van der Waals surface area contributed by atoms with E-state index in [0.717, 1.165) is 60.1 Å². The molecule has 0 bridgehead atoms. The van der Waals surface area contributed by atoms with Crippen LogP contribution in [0.3, 0.4) is 0 Å². The number of benzene rings is 3. The molecule has 0 heterocycles. The number of hydrogen-bond acceptors (Lipinski definition) is 0. The fourth-order valence-electron chi connectivity index (χ4n) is 6.50. The van der Waals surface area contributed by atoms with Gasteiger partial charge in [0.25, 0.3) is 0 Å². The maximum Gasteiger partial charge on any atom is 0.166 e. The van der Waals surface area contributed by atoms with Crippen LogP contribution in [0.1, 0.15) is 68.9 Å². The molecule has 0 aliphatic heterocycles. The van der Waals surface area contributed by atoms with E-state index in [1.54, 1.807) is 37.3 Å². The van der Waals surface area contributed by atoms with Crippen LogP contribution in [0.15, 0.2) is 73.3 Å². The molecule has 0 spiro atoms. The molecule has 0 N–H and O–H groups in total. The smallest absolute Gasteiger partial charge is 0.166 e. The van der Waals surface area contributed by atoms with Crippen LogP contribution in [-0.2, 0) is 0 Å². The van der Waals surface area contributed by atoms with Gasteiger partial charge in [0, 0.05) is 11.1 Å². The second kappa shape index (κ2) is 11.8. The molecular formula is C35H37F3. The molecule has 3 heteroatoms. The maximum absolute atomic E-state index is 15.3. The van der Waals surface area contributed by atoms with Gasteiger partial charge in [-0.15, -0.1) is 6.58 Å². The summed E-state index contributed by atoms with van der Waals surface area (Å²) in [7, 11) is 0. The van der Waals surface area contributed by atoms with E-state index in [-0.39, 0.29) is 16.9 Å². The van der Waals surface area contributed by atoms with Gasteiger partial charge in [-0.2, -0.15) is 0 Å². The molecule has 2 aliphatic rings. The molecule has 1 saturated carbocycles. The third-order valence-electron chi connectivity index (χ3n) is 8.91. The Kier molecular flexibility index (Phi) is 8.21. The highest BCUT2D eigenvalue weighted by atomic mass is 19.2. The molecule has 0 aromatic heterocycles. The molecule has 2 aliphatic carbocycles. The predicted molar refractivity (Wildman–Crippen MR) is 152 cm³/mol. The van der Waals surface area contributed by atoms with Crippen molar-refractivity contribution in [3.8, 4) is 22.3 Å². The first-order chi connectivity index (χ1) is 18.4. The molecule has 38 heavy (non-hydrogen) atoms. The van der Waals surface area contributed by atoms with Crippen molar-refractivity contribution < 1.29 is 13.2 Å². The Morgan fingerprint density at radius 3 is 2.11 bits per heavy atom. The van der Waals surface area contributed by atoms with Crippen LogP contribution in [0, 0.1) is 42.1 Å². The van der Waals surface area contributed by atoms with Gasteiger partial charge in [0.1, 0.15) is 5.82 Å². The van der Waals surface area contributed by atoms with Gasteiger partial charge in [-0.05, 0) is 104 Å². The van der Waals surface area contributed by atoms with Gasteiger partial charge in [-0.25, -0.2) is 13.2 Å². The lowest BCUT2D eigenvalue weighted by molar-refractivity contribution is 0.190. The Bertz CT molecular complexity index is 1310. The van der Waals surface area contributed by atoms with Crippen molar-refractivity contribution in [2.24, 2.45) is 17.8 Å². The fourth-order valence-corrected chi connectivity index (χ4v) is 6.50. The van der Waals surface area contributed by atoms with Gasteiger partial charge in [-0.3, -0.25) is 0 Å². The summed E-state index contributed by atoms with van der Waals surface area (Å²) >= 11 is 0. The molecule has 0 amide bonds. The van der Waals surface area contributed by atoms with Crippen LogP contribution in [0.2, 0.25) is 0 Å². The molecule has 5 rings (SSSR count). The first kappa shape index (κ1) is 26.5. The van der Waals surface area contributed by atoms with E-state index < -0.39 is 11.6 Å². The van der Waals surface area contributed by atoms with Gasteiger partial charge >= 0.3 is 0 Å². The second-order valence-electron chi connectivity index (χ2n) is 11.2. The van der Waals surface area contributed by atoms with Crippen LogP contribution in [0.5, 0.6) is 0 Å². The number of halogens is 3.